The molecule has 3 N–H and O–H groups in total. The lowest BCUT2D eigenvalue weighted by Gasteiger charge is -2.11. The van der Waals surface area contributed by atoms with E-state index in [1.807, 2.05) is 6.92 Å². The first-order chi connectivity index (χ1) is 9.38. The fourth-order valence-corrected chi connectivity index (χ4v) is 2.40. The number of rotatable bonds is 2. The first-order valence-corrected chi connectivity index (χ1v) is 6.87. The number of nitrogens with one attached hydrogen (secondary N) is 1. The quantitative estimate of drug-likeness (QED) is 0.783. The van der Waals surface area contributed by atoms with Crippen molar-refractivity contribution in [1.29, 1.82) is 0 Å². The smallest absolute Gasteiger partial charge is 0.256 e. The molecule has 0 aliphatic heterocycles. The molecular formula is C14H11BrClFN2O. The minimum Gasteiger partial charge on any atom is -0.398 e. The van der Waals surface area contributed by atoms with Crippen molar-refractivity contribution in [2.45, 2.75) is 6.92 Å². The molecule has 0 aliphatic carbocycles. The van der Waals surface area contributed by atoms with E-state index in [4.69, 9.17) is 17.3 Å². The summed E-state index contributed by atoms with van der Waals surface area (Å²) < 4.78 is 13.4. The highest BCUT2D eigenvalue weighted by Crippen LogP contribution is 2.27. The van der Waals surface area contributed by atoms with Gasteiger partial charge in [-0.15, -0.1) is 0 Å². The van der Waals surface area contributed by atoms with Crippen LogP contribution < -0.4 is 11.1 Å². The third kappa shape index (κ3) is 3.11. The molecule has 104 valence electrons. The number of halogens is 3. The van der Waals surface area contributed by atoms with Gasteiger partial charge in [-0.25, -0.2) is 4.39 Å². The molecule has 1 amide bonds. The fraction of sp³-hybridized carbons (Fsp3) is 0.0714. The molecule has 2 rings (SSSR count). The van der Waals surface area contributed by atoms with E-state index in [1.165, 1.54) is 18.2 Å². The van der Waals surface area contributed by atoms with Crippen LogP contribution in [-0.2, 0) is 0 Å². The van der Waals surface area contributed by atoms with Gasteiger partial charge < -0.3 is 11.1 Å². The third-order valence-electron chi connectivity index (χ3n) is 2.77. The SMILES string of the molecule is Cc1cc(N)c(Cl)cc1NC(=O)c1ccc(F)cc1Br. The Balaban J connectivity index is 2.30. The van der Waals surface area contributed by atoms with Crippen LogP contribution in [0, 0.1) is 12.7 Å². The van der Waals surface area contributed by atoms with Gasteiger partial charge in [-0.05, 0) is 58.7 Å². The number of carbonyl (C=O) groups is 1. The number of carbonyl (C=O) groups excluding carboxylic acids is 1. The number of amides is 1. The molecule has 6 heteroatoms. The summed E-state index contributed by atoms with van der Waals surface area (Å²) in [7, 11) is 0. The maximum Gasteiger partial charge on any atom is 0.256 e. The van der Waals surface area contributed by atoms with Gasteiger partial charge in [0, 0.05) is 10.2 Å². The highest BCUT2D eigenvalue weighted by atomic mass is 79.9. The summed E-state index contributed by atoms with van der Waals surface area (Å²) >= 11 is 9.09. The van der Waals surface area contributed by atoms with Crippen LogP contribution in [0.15, 0.2) is 34.8 Å². The Morgan fingerprint density at radius 2 is 2.05 bits per heavy atom. The minimum absolute atomic E-state index is 0.332. The number of aryl methyl sites for hydroxylation is 1. The lowest BCUT2D eigenvalue weighted by atomic mass is 10.1. The van der Waals surface area contributed by atoms with Crippen molar-refractivity contribution < 1.29 is 9.18 Å². The summed E-state index contributed by atoms with van der Waals surface area (Å²) in [5, 5.41) is 3.09. The molecule has 3 nitrogen and oxygen atoms in total. The van der Waals surface area contributed by atoms with Crippen LogP contribution in [-0.4, -0.2) is 5.91 Å². The highest BCUT2D eigenvalue weighted by molar-refractivity contribution is 9.10. The van der Waals surface area contributed by atoms with Crippen LogP contribution in [0.3, 0.4) is 0 Å². The zero-order valence-electron chi connectivity index (χ0n) is 10.5. The van der Waals surface area contributed by atoms with E-state index in [-0.39, 0.29) is 5.91 Å². The van der Waals surface area contributed by atoms with Crippen LogP contribution in [0.4, 0.5) is 15.8 Å². The maximum atomic E-state index is 13.0. The number of benzene rings is 2. The van der Waals surface area contributed by atoms with E-state index >= 15 is 0 Å². The summed E-state index contributed by atoms with van der Waals surface area (Å²) in [6, 6.07) is 7.13. The van der Waals surface area contributed by atoms with E-state index in [9.17, 15) is 9.18 Å². The van der Waals surface area contributed by atoms with Crippen LogP contribution in [0.25, 0.3) is 0 Å². The summed E-state index contributed by atoms with van der Waals surface area (Å²) in [5.74, 6) is -0.777. The highest BCUT2D eigenvalue weighted by Gasteiger charge is 2.13. The lowest BCUT2D eigenvalue weighted by molar-refractivity contribution is 0.102. The third-order valence-corrected chi connectivity index (χ3v) is 3.75. The number of nitrogens with two attached hydrogens (primary N) is 1. The number of hydrogen-bond donors (Lipinski definition) is 2. The molecule has 2 aromatic carbocycles. The van der Waals surface area contributed by atoms with Gasteiger partial charge in [0.15, 0.2) is 0 Å². The first kappa shape index (κ1) is 14.8. The molecule has 2 aromatic rings. The van der Waals surface area contributed by atoms with Crippen molar-refractivity contribution in [2.24, 2.45) is 0 Å². The molecule has 0 atom stereocenters. The van der Waals surface area contributed by atoms with Gasteiger partial charge in [0.25, 0.3) is 5.91 Å². The summed E-state index contributed by atoms with van der Waals surface area (Å²) in [6.07, 6.45) is 0. The molecule has 0 aliphatic rings. The average molecular weight is 358 g/mol. The van der Waals surface area contributed by atoms with Gasteiger partial charge in [-0.3, -0.25) is 4.79 Å². The van der Waals surface area contributed by atoms with E-state index in [0.717, 1.165) is 5.56 Å². The zero-order chi connectivity index (χ0) is 14.9. The second kappa shape index (κ2) is 5.81. The predicted octanol–water partition coefficient (Wildman–Crippen LogP) is 4.38. The Kier molecular flexibility index (Phi) is 4.30. The van der Waals surface area contributed by atoms with Crippen LogP contribution in [0.2, 0.25) is 5.02 Å². The van der Waals surface area contributed by atoms with Crippen molar-refractivity contribution in [3.63, 3.8) is 0 Å². The van der Waals surface area contributed by atoms with Gasteiger partial charge >= 0.3 is 0 Å². The van der Waals surface area contributed by atoms with Crippen LogP contribution >= 0.6 is 27.5 Å². The fourth-order valence-electron chi connectivity index (χ4n) is 1.70. The van der Waals surface area contributed by atoms with Crippen molar-refractivity contribution in [1.82, 2.24) is 0 Å². The Hall–Kier alpha value is -1.59. The Morgan fingerprint density at radius 3 is 2.70 bits per heavy atom. The molecule has 0 spiro atoms. The van der Waals surface area contributed by atoms with Crippen molar-refractivity contribution >= 4 is 44.8 Å². The molecule has 0 saturated heterocycles. The Labute approximate surface area is 129 Å². The topological polar surface area (TPSA) is 55.1 Å². The van der Waals surface area contributed by atoms with E-state index in [1.54, 1.807) is 12.1 Å². The monoisotopic (exact) mass is 356 g/mol. The largest absolute Gasteiger partial charge is 0.398 e. The molecule has 0 fully saturated rings. The summed E-state index contributed by atoms with van der Waals surface area (Å²) in [4.78, 5) is 12.2. The predicted molar refractivity (Wildman–Crippen MR) is 82.7 cm³/mol. The number of anilines is 2. The van der Waals surface area contributed by atoms with Crippen molar-refractivity contribution in [3.05, 3.63) is 56.8 Å². The normalized spacial score (nSPS) is 10.4. The van der Waals surface area contributed by atoms with Gasteiger partial charge in [0.2, 0.25) is 0 Å². The van der Waals surface area contributed by atoms with Gasteiger partial charge in [0.1, 0.15) is 5.82 Å². The average Bonchev–Trinajstić information content (AvgIpc) is 2.35. The van der Waals surface area contributed by atoms with Gasteiger partial charge in [-0.1, -0.05) is 11.6 Å². The van der Waals surface area contributed by atoms with E-state index < -0.39 is 5.82 Å². The van der Waals surface area contributed by atoms with Crippen molar-refractivity contribution in [2.75, 3.05) is 11.1 Å². The molecule has 0 unspecified atom stereocenters. The molecule has 0 saturated carbocycles. The Bertz CT molecular complexity index is 691. The molecule has 20 heavy (non-hydrogen) atoms. The second-order valence-corrected chi connectivity index (χ2v) is 5.53. The van der Waals surface area contributed by atoms with E-state index in [2.05, 4.69) is 21.2 Å². The molecule has 0 radical (unpaired) electrons. The lowest BCUT2D eigenvalue weighted by Crippen LogP contribution is -2.13. The maximum absolute atomic E-state index is 13.0. The molecule has 0 heterocycles. The summed E-state index contributed by atoms with van der Waals surface area (Å²) in [5.41, 5.74) is 7.81. The van der Waals surface area contributed by atoms with Crippen LogP contribution in [0.5, 0.6) is 0 Å². The summed E-state index contributed by atoms with van der Waals surface area (Å²) in [6.45, 7) is 1.81. The number of hydrogen-bond acceptors (Lipinski definition) is 2. The second-order valence-electron chi connectivity index (χ2n) is 4.27. The molecule has 0 bridgehead atoms. The Morgan fingerprint density at radius 1 is 1.35 bits per heavy atom. The molecule has 0 aromatic heterocycles. The molecular weight excluding hydrogens is 347 g/mol. The number of nitrogen functional groups attached to an aromatic ring is 1. The minimum atomic E-state index is -0.417. The van der Waals surface area contributed by atoms with Crippen molar-refractivity contribution in [3.8, 4) is 0 Å². The van der Waals surface area contributed by atoms with Gasteiger partial charge in [-0.2, -0.15) is 0 Å². The first-order valence-electron chi connectivity index (χ1n) is 5.70. The van der Waals surface area contributed by atoms with Crippen LogP contribution in [0.1, 0.15) is 15.9 Å². The zero-order valence-corrected chi connectivity index (χ0v) is 12.8. The van der Waals surface area contributed by atoms with Gasteiger partial charge in [0.05, 0.1) is 16.3 Å². The standard InChI is InChI=1S/C14H11BrClFN2O/c1-7-4-12(18)11(16)6-13(7)19-14(20)9-3-2-8(17)5-10(9)15/h2-6H,18H2,1H3,(H,19,20). The van der Waals surface area contributed by atoms with E-state index in [0.29, 0.717) is 26.4 Å².